The molecule has 0 amide bonds. The minimum Gasteiger partial charge on any atom is -0.327 e. The summed E-state index contributed by atoms with van der Waals surface area (Å²) >= 11 is 0. The van der Waals surface area contributed by atoms with Gasteiger partial charge in [-0.05, 0) is 43.0 Å². The average Bonchev–Trinajstić information content (AvgIpc) is 2.37. The lowest BCUT2D eigenvalue weighted by Gasteiger charge is -2.12. The van der Waals surface area contributed by atoms with Crippen LogP contribution in [0.5, 0.6) is 0 Å². The summed E-state index contributed by atoms with van der Waals surface area (Å²) in [6.07, 6.45) is 1.25. The highest BCUT2D eigenvalue weighted by Gasteiger charge is 2.08. The van der Waals surface area contributed by atoms with Gasteiger partial charge < -0.3 is 5.73 Å². The van der Waals surface area contributed by atoms with Gasteiger partial charge in [-0.25, -0.2) is 8.78 Å². The average molecular weight is 261 g/mol. The molecular formula is C16H17F2N. The maximum atomic E-state index is 13.1. The van der Waals surface area contributed by atoms with E-state index in [2.05, 4.69) is 0 Å². The van der Waals surface area contributed by atoms with E-state index >= 15 is 0 Å². The smallest absolute Gasteiger partial charge is 0.159 e. The van der Waals surface area contributed by atoms with Gasteiger partial charge in [0.2, 0.25) is 0 Å². The monoisotopic (exact) mass is 261 g/mol. The van der Waals surface area contributed by atoms with Crippen LogP contribution in [0.15, 0.2) is 42.5 Å². The van der Waals surface area contributed by atoms with Gasteiger partial charge in [0, 0.05) is 6.04 Å². The standard InChI is InChI=1S/C16H17F2N/c1-11-2-4-12(5-3-11)8-14(19)9-13-6-7-15(17)16(18)10-13/h2-7,10,14H,8-9,19H2,1H3. The van der Waals surface area contributed by atoms with E-state index in [4.69, 9.17) is 5.73 Å². The Kier molecular flexibility index (Phi) is 4.27. The number of halogens is 2. The third-order valence-corrected chi connectivity index (χ3v) is 3.10. The summed E-state index contributed by atoms with van der Waals surface area (Å²) in [5.41, 5.74) is 9.13. The molecule has 100 valence electrons. The van der Waals surface area contributed by atoms with Crippen LogP contribution in [0.4, 0.5) is 8.78 Å². The van der Waals surface area contributed by atoms with E-state index < -0.39 is 11.6 Å². The van der Waals surface area contributed by atoms with E-state index in [0.29, 0.717) is 6.42 Å². The molecule has 1 unspecified atom stereocenters. The molecule has 0 spiro atoms. The lowest BCUT2D eigenvalue weighted by atomic mass is 9.99. The van der Waals surface area contributed by atoms with E-state index in [-0.39, 0.29) is 6.04 Å². The molecule has 0 aromatic heterocycles. The Hall–Kier alpha value is -1.74. The third kappa shape index (κ3) is 3.86. The minimum atomic E-state index is -0.823. The Morgan fingerprint density at radius 3 is 2.11 bits per heavy atom. The first-order valence-corrected chi connectivity index (χ1v) is 6.29. The zero-order valence-electron chi connectivity index (χ0n) is 10.9. The van der Waals surface area contributed by atoms with E-state index in [0.717, 1.165) is 23.6 Å². The van der Waals surface area contributed by atoms with Gasteiger partial charge in [0.05, 0.1) is 0 Å². The van der Waals surface area contributed by atoms with Gasteiger partial charge in [0.25, 0.3) is 0 Å². The summed E-state index contributed by atoms with van der Waals surface area (Å²) in [6, 6.07) is 12.0. The SMILES string of the molecule is Cc1ccc(CC(N)Cc2ccc(F)c(F)c2)cc1. The predicted molar refractivity (Wildman–Crippen MR) is 72.9 cm³/mol. The van der Waals surface area contributed by atoms with E-state index in [1.807, 2.05) is 31.2 Å². The summed E-state index contributed by atoms with van der Waals surface area (Å²) < 4.78 is 25.9. The van der Waals surface area contributed by atoms with Crippen molar-refractivity contribution in [2.24, 2.45) is 5.73 Å². The molecule has 0 heterocycles. The molecule has 1 nitrogen and oxygen atoms in total. The number of nitrogens with two attached hydrogens (primary N) is 1. The third-order valence-electron chi connectivity index (χ3n) is 3.10. The molecule has 2 N–H and O–H groups in total. The number of hydrogen-bond donors (Lipinski definition) is 1. The summed E-state index contributed by atoms with van der Waals surface area (Å²) in [6.45, 7) is 2.03. The van der Waals surface area contributed by atoms with Gasteiger partial charge in [-0.1, -0.05) is 35.9 Å². The quantitative estimate of drug-likeness (QED) is 0.897. The normalized spacial score (nSPS) is 12.4. The zero-order chi connectivity index (χ0) is 13.8. The summed E-state index contributed by atoms with van der Waals surface area (Å²) in [4.78, 5) is 0. The van der Waals surface area contributed by atoms with Crippen LogP contribution < -0.4 is 5.73 Å². The van der Waals surface area contributed by atoms with Gasteiger partial charge in [0.15, 0.2) is 11.6 Å². The Bertz CT molecular complexity index is 549. The fourth-order valence-electron chi connectivity index (χ4n) is 2.07. The van der Waals surface area contributed by atoms with Gasteiger partial charge in [-0.3, -0.25) is 0 Å². The lowest BCUT2D eigenvalue weighted by molar-refractivity contribution is 0.506. The highest BCUT2D eigenvalue weighted by atomic mass is 19.2. The first-order chi connectivity index (χ1) is 9.04. The molecule has 1 atom stereocenters. The van der Waals surface area contributed by atoms with Crippen molar-refractivity contribution in [1.29, 1.82) is 0 Å². The molecule has 0 saturated carbocycles. The van der Waals surface area contributed by atoms with Gasteiger partial charge in [-0.2, -0.15) is 0 Å². The first kappa shape index (κ1) is 13.7. The fourth-order valence-corrected chi connectivity index (χ4v) is 2.07. The van der Waals surface area contributed by atoms with Crippen molar-refractivity contribution in [3.05, 3.63) is 70.8 Å². The van der Waals surface area contributed by atoms with Crippen molar-refractivity contribution in [2.45, 2.75) is 25.8 Å². The Balaban J connectivity index is 1.98. The number of aryl methyl sites for hydroxylation is 1. The largest absolute Gasteiger partial charge is 0.327 e. The second-order valence-electron chi connectivity index (χ2n) is 4.90. The van der Waals surface area contributed by atoms with Crippen molar-refractivity contribution in [2.75, 3.05) is 0 Å². The van der Waals surface area contributed by atoms with Gasteiger partial charge >= 0.3 is 0 Å². The van der Waals surface area contributed by atoms with Crippen LogP contribution in [0.2, 0.25) is 0 Å². The Labute approximate surface area is 112 Å². The number of hydrogen-bond acceptors (Lipinski definition) is 1. The van der Waals surface area contributed by atoms with Crippen molar-refractivity contribution >= 4 is 0 Å². The van der Waals surface area contributed by atoms with Crippen LogP contribution in [0.3, 0.4) is 0 Å². The minimum absolute atomic E-state index is 0.104. The van der Waals surface area contributed by atoms with Crippen molar-refractivity contribution in [1.82, 2.24) is 0 Å². The van der Waals surface area contributed by atoms with Gasteiger partial charge in [0.1, 0.15) is 0 Å². The van der Waals surface area contributed by atoms with Crippen LogP contribution in [0.1, 0.15) is 16.7 Å². The molecule has 0 radical (unpaired) electrons. The van der Waals surface area contributed by atoms with Gasteiger partial charge in [-0.15, -0.1) is 0 Å². The van der Waals surface area contributed by atoms with Crippen LogP contribution in [-0.4, -0.2) is 6.04 Å². The second kappa shape index (κ2) is 5.93. The maximum absolute atomic E-state index is 13.1. The lowest BCUT2D eigenvalue weighted by Crippen LogP contribution is -2.25. The highest BCUT2D eigenvalue weighted by molar-refractivity contribution is 5.23. The molecule has 2 aromatic rings. The van der Waals surface area contributed by atoms with Crippen LogP contribution in [0, 0.1) is 18.6 Å². The van der Waals surface area contributed by atoms with Crippen LogP contribution in [0.25, 0.3) is 0 Å². The zero-order valence-corrected chi connectivity index (χ0v) is 10.9. The van der Waals surface area contributed by atoms with E-state index in [1.165, 1.54) is 11.6 Å². The topological polar surface area (TPSA) is 26.0 Å². The molecule has 0 saturated heterocycles. The highest BCUT2D eigenvalue weighted by Crippen LogP contribution is 2.12. The molecule has 2 aromatic carbocycles. The van der Waals surface area contributed by atoms with E-state index in [9.17, 15) is 8.78 Å². The molecule has 2 rings (SSSR count). The Morgan fingerprint density at radius 2 is 1.47 bits per heavy atom. The van der Waals surface area contributed by atoms with Crippen molar-refractivity contribution in [3.63, 3.8) is 0 Å². The maximum Gasteiger partial charge on any atom is 0.159 e. The molecule has 0 aliphatic heterocycles. The first-order valence-electron chi connectivity index (χ1n) is 6.29. The number of rotatable bonds is 4. The van der Waals surface area contributed by atoms with Crippen molar-refractivity contribution < 1.29 is 8.78 Å². The van der Waals surface area contributed by atoms with Crippen molar-refractivity contribution in [3.8, 4) is 0 Å². The molecule has 0 bridgehead atoms. The van der Waals surface area contributed by atoms with E-state index in [1.54, 1.807) is 6.07 Å². The summed E-state index contributed by atoms with van der Waals surface area (Å²) in [7, 11) is 0. The number of benzene rings is 2. The summed E-state index contributed by atoms with van der Waals surface area (Å²) in [5, 5.41) is 0. The molecule has 0 aliphatic carbocycles. The molecule has 0 aliphatic rings. The fraction of sp³-hybridized carbons (Fsp3) is 0.250. The molecule has 3 heteroatoms. The molecular weight excluding hydrogens is 244 g/mol. The van der Waals surface area contributed by atoms with Crippen LogP contribution >= 0.6 is 0 Å². The molecule has 0 fully saturated rings. The molecule has 19 heavy (non-hydrogen) atoms. The predicted octanol–water partition coefficient (Wildman–Crippen LogP) is 3.39. The summed E-state index contributed by atoms with van der Waals surface area (Å²) in [5.74, 6) is -1.64. The Morgan fingerprint density at radius 1 is 0.895 bits per heavy atom. The van der Waals surface area contributed by atoms with Crippen LogP contribution in [-0.2, 0) is 12.8 Å². The second-order valence-corrected chi connectivity index (χ2v) is 4.90.